The van der Waals surface area contributed by atoms with Crippen molar-refractivity contribution in [1.29, 1.82) is 0 Å². The minimum atomic E-state index is -0.457. The van der Waals surface area contributed by atoms with Crippen molar-refractivity contribution in [3.05, 3.63) is 39.7 Å². The molecule has 1 atom stereocenters. The number of nitrogens with one attached hydrogen (secondary N) is 1. The van der Waals surface area contributed by atoms with Crippen molar-refractivity contribution in [2.75, 3.05) is 39.4 Å². The van der Waals surface area contributed by atoms with E-state index in [-0.39, 0.29) is 48.3 Å². The van der Waals surface area contributed by atoms with Crippen LogP contribution in [0.5, 0.6) is 0 Å². The number of nitro groups is 1. The van der Waals surface area contributed by atoms with Crippen LogP contribution in [0.15, 0.2) is 18.2 Å². The summed E-state index contributed by atoms with van der Waals surface area (Å²) in [5.41, 5.74) is 0.404. The van der Waals surface area contributed by atoms with Crippen LogP contribution in [0.1, 0.15) is 24.4 Å². The Bertz CT molecular complexity index is 550. The third-order valence-electron chi connectivity index (χ3n) is 4.77. The first kappa shape index (κ1) is 22.1. The van der Waals surface area contributed by atoms with Gasteiger partial charge in [0, 0.05) is 63.1 Å². The summed E-state index contributed by atoms with van der Waals surface area (Å²) in [5.74, 6) is -0.0935. The van der Waals surface area contributed by atoms with E-state index in [0.29, 0.717) is 18.8 Å². The molecule has 9 heteroatoms. The van der Waals surface area contributed by atoms with E-state index in [1.54, 1.807) is 0 Å². The van der Waals surface area contributed by atoms with Crippen molar-refractivity contribution in [3.63, 3.8) is 0 Å². The standard InChI is InChI=1S/C16H22FN3O3.2ClH/c17-15-2-1-13(20(21)22)11-14(15)16(12-3-9-23-10-4-12)19-7-5-18-6-8-19;;/h1-2,11-12,16,18H,3-10H2;2*1H/t16-;;/m1../s1. The molecule has 3 rings (SSSR count). The summed E-state index contributed by atoms with van der Waals surface area (Å²) >= 11 is 0. The third-order valence-corrected chi connectivity index (χ3v) is 4.77. The monoisotopic (exact) mass is 395 g/mol. The molecule has 1 aromatic carbocycles. The highest BCUT2D eigenvalue weighted by molar-refractivity contribution is 5.85. The van der Waals surface area contributed by atoms with Crippen molar-refractivity contribution in [2.24, 2.45) is 5.92 Å². The second kappa shape index (κ2) is 10.2. The molecule has 2 heterocycles. The van der Waals surface area contributed by atoms with Gasteiger partial charge in [-0.1, -0.05) is 0 Å². The number of ether oxygens (including phenoxy) is 1. The lowest BCUT2D eigenvalue weighted by Gasteiger charge is -2.41. The van der Waals surface area contributed by atoms with Gasteiger partial charge in [0.05, 0.1) is 4.92 Å². The van der Waals surface area contributed by atoms with Crippen molar-refractivity contribution in [3.8, 4) is 0 Å². The number of nitro benzene ring substituents is 1. The van der Waals surface area contributed by atoms with E-state index in [1.165, 1.54) is 18.2 Å². The zero-order valence-corrected chi connectivity index (χ0v) is 15.5. The molecule has 2 aliphatic rings. The summed E-state index contributed by atoms with van der Waals surface area (Å²) in [6.07, 6.45) is 1.72. The summed E-state index contributed by atoms with van der Waals surface area (Å²) in [7, 11) is 0. The van der Waals surface area contributed by atoms with Gasteiger partial charge in [0.15, 0.2) is 0 Å². The van der Waals surface area contributed by atoms with Crippen LogP contribution in [0, 0.1) is 21.8 Å². The van der Waals surface area contributed by atoms with Crippen LogP contribution in [-0.4, -0.2) is 49.2 Å². The summed E-state index contributed by atoms with van der Waals surface area (Å²) in [6.45, 7) is 4.70. The molecule has 0 spiro atoms. The molecule has 0 radical (unpaired) electrons. The van der Waals surface area contributed by atoms with Gasteiger partial charge in [-0.3, -0.25) is 15.0 Å². The fraction of sp³-hybridized carbons (Fsp3) is 0.625. The fourth-order valence-electron chi connectivity index (χ4n) is 3.61. The Hall–Kier alpha value is -0.990. The second-order valence-corrected chi connectivity index (χ2v) is 6.14. The Morgan fingerprint density at radius 2 is 1.88 bits per heavy atom. The average Bonchev–Trinajstić information content (AvgIpc) is 2.58. The molecule has 1 N–H and O–H groups in total. The van der Waals surface area contributed by atoms with Crippen molar-refractivity contribution in [1.82, 2.24) is 10.2 Å². The van der Waals surface area contributed by atoms with Gasteiger partial charge in [0.25, 0.3) is 5.69 Å². The van der Waals surface area contributed by atoms with Crippen LogP contribution in [0.2, 0.25) is 0 Å². The number of halogens is 3. The number of non-ortho nitro benzene ring substituents is 1. The lowest BCUT2D eigenvalue weighted by atomic mass is 9.85. The number of benzene rings is 1. The molecule has 142 valence electrons. The highest BCUT2D eigenvalue weighted by Gasteiger charge is 2.33. The quantitative estimate of drug-likeness (QED) is 0.626. The lowest BCUT2D eigenvalue weighted by molar-refractivity contribution is -0.385. The molecule has 0 aromatic heterocycles. The van der Waals surface area contributed by atoms with E-state index in [0.717, 1.165) is 39.0 Å². The Labute approximate surface area is 159 Å². The highest BCUT2D eigenvalue weighted by atomic mass is 35.5. The minimum Gasteiger partial charge on any atom is -0.381 e. The van der Waals surface area contributed by atoms with Gasteiger partial charge in [0.2, 0.25) is 0 Å². The molecular weight excluding hydrogens is 372 g/mol. The molecule has 0 aliphatic carbocycles. The number of piperazine rings is 1. The van der Waals surface area contributed by atoms with E-state index in [1.807, 2.05) is 0 Å². The van der Waals surface area contributed by atoms with Gasteiger partial charge in [-0.15, -0.1) is 24.8 Å². The molecule has 2 aliphatic heterocycles. The summed E-state index contributed by atoms with van der Waals surface area (Å²) < 4.78 is 19.9. The first-order chi connectivity index (χ1) is 11.2. The first-order valence-corrected chi connectivity index (χ1v) is 8.13. The first-order valence-electron chi connectivity index (χ1n) is 8.13. The van der Waals surface area contributed by atoms with Crippen LogP contribution in [0.25, 0.3) is 0 Å². The van der Waals surface area contributed by atoms with Crippen LogP contribution in [-0.2, 0) is 4.74 Å². The van der Waals surface area contributed by atoms with Gasteiger partial charge < -0.3 is 10.1 Å². The van der Waals surface area contributed by atoms with Crippen molar-refractivity contribution >= 4 is 30.5 Å². The van der Waals surface area contributed by atoms with E-state index in [4.69, 9.17) is 4.74 Å². The normalized spacial score (nSPS) is 20.2. The molecule has 25 heavy (non-hydrogen) atoms. The van der Waals surface area contributed by atoms with E-state index in [2.05, 4.69) is 10.2 Å². The van der Waals surface area contributed by atoms with Crippen LogP contribution >= 0.6 is 24.8 Å². The van der Waals surface area contributed by atoms with Crippen molar-refractivity contribution in [2.45, 2.75) is 18.9 Å². The topological polar surface area (TPSA) is 67.6 Å². The molecule has 0 saturated carbocycles. The average molecular weight is 396 g/mol. The van der Waals surface area contributed by atoms with Gasteiger partial charge >= 0.3 is 0 Å². The summed E-state index contributed by atoms with van der Waals surface area (Å²) in [5, 5.41) is 14.4. The van der Waals surface area contributed by atoms with Gasteiger partial charge in [-0.25, -0.2) is 4.39 Å². The number of hydrogen-bond donors (Lipinski definition) is 1. The fourth-order valence-corrected chi connectivity index (χ4v) is 3.61. The molecule has 2 saturated heterocycles. The molecule has 0 unspecified atom stereocenters. The van der Waals surface area contributed by atoms with Crippen molar-refractivity contribution < 1.29 is 14.1 Å². The number of nitrogens with zero attached hydrogens (tertiary/aromatic N) is 2. The van der Waals surface area contributed by atoms with E-state index in [9.17, 15) is 14.5 Å². The summed E-state index contributed by atoms with van der Waals surface area (Å²) in [6, 6.07) is 3.75. The Kier molecular flexibility index (Phi) is 9.02. The third kappa shape index (κ3) is 5.24. The SMILES string of the molecule is Cl.Cl.O=[N+]([O-])c1ccc(F)c([C@@H](C2CCOCC2)N2CCNCC2)c1. The van der Waals surface area contributed by atoms with Gasteiger partial charge in [-0.2, -0.15) is 0 Å². The summed E-state index contributed by atoms with van der Waals surface area (Å²) in [4.78, 5) is 12.9. The second-order valence-electron chi connectivity index (χ2n) is 6.14. The maximum Gasteiger partial charge on any atom is 0.269 e. The largest absolute Gasteiger partial charge is 0.381 e. The minimum absolute atomic E-state index is 0. The van der Waals surface area contributed by atoms with Gasteiger partial charge in [-0.05, 0) is 24.8 Å². The highest BCUT2D eigenvalue weighted by Crippen LogP contribution is 2.37. The zero-order chi connectivity index (χ0) is 16.2. The Morgan fingerprint density at radius 3 is 2.48 bits per heavy atom. The van der Waals surface area contributed by atoms with E-state index < -0.39 is 4.92 Å². The lowest BCUT2D eigenvalue weighted by Crippen LogP contribution is -2.47. The maximum absolute atomic E-state index is 14.5. The number of hydrogen-bond acceptors (Lipinski definition) is 5. The van der Waals surface area contributed by atoms with Crippen LogP contribution in [0.4, 0.5) is 10.1 Å². The van der Waals surface area contributed by atoms with Gasteiger partial charge in [0.1, 0.15) is 5.82 Å². The predicted octanol–water partition coefficient (Wildman–Crippen LogP) is 2.95. The molecule has 0 amide bonds. The van der Waals surface area contributed by atoms with Crippen LogP contribution < -0.4 is 5.32 Å². The molecule has 6 nitrogen and oxygen atoms in total. The number of rotatable bonds is 4. The maximum atomic E-state index is 14.5. The zero-order valence-electron chi connectivity index (χ0n) is 13.9. The molecule has 1 aromatic rings. The Balaban J connectivity index is 0.00000156. The molecular formula is C16H24Cl2FN3O3. The smallest absolute Gasteiger partial charge is 0.269 e. The molecule has 0 bridgehead atoms. The Morgan fingerprint density at radius 1 is 1.24 bits per heavy atom. The van der Waals surface area contributed by atoms with E-state index >= 15 is 0 Å². The molecule has 2 fully saturated rings. The predicted molar refractivity (Wildman–Crippen MR) is 98.3 cm³/mol. The van der Waals surface area contributed by atoms with Crippen LogP contribution in [0.3, 0.4) is 0 Å².